The van der Waals surface area contributed by atoms with E-state index >= 15 is 0 Å². The lowest BCUT2D eigenvalue weighted by atomic mass is 10.1. The summed E-state index contributed by atoms with van der Waals surface area (Å²) >= 11 is 0. The first-order valence-electron chi connectivity index (χ1n) is 8.32. The van der Waals surface area contributed by atoms with Crippen LogP contribution in [0.2, 0.25) is 0 Å². The van der Waals surface area contributed by atoms with Gasteiger partial charge < -0.3 is 4.90 Å². The number of hydrogen-bond acceptors (Lipinski definition) is 4. The number of rotatable bonds is 5. The highest BCUT2D eigenvalue weighted by Gasteiger charge is 2.31. The fourth-order valence-corrected chi connectivity index (χ4v) is 4.15. The summed E-state index contributed by atoms with van der Waals surface area (Å²) in [6.45, 7) is 2.05. The third-order valence-electron chi connectivity index (χ3n) is 4.37. The van der Waals surface area contributed by atoms with Gasteiger partial charge in [-0.2, -0.15) is 5.26 Å². The van der Waals surface area contributed by atoms with Gasteiger partial charge in [-0.25, -0.2) is 13.1 Å². The number of benzene rings is 2. The first-order valence-corrected chi connectivity index (χ1v) is 9.80. The fourth-order valence-electron chi connectivity index (χ4n) is 3.12. The summed E-state index contributed by atoms with van der Waals surface area (Å²) < 4.78 is 26.6. The van der Waals surface area contributed by atoms with Crippen LogP contribution in [0.15, 0.2) is 53.4 Å². The lowest BCUT2D eigenvalue weighted by molar-refractivity contribution is 0.0981. The molecule has 0 unspecified atom stereocenters. The molecule has 2 aromatic carbocycles. The van der Waals surface area contributed by atoms with E-state index in [-0.39, 0.29) is 29.8 Å². The van der Waals surface area contributed by atoms with Crippen LogP contribution < -0.4 is 9.62 Å². The number of amides is 1. The Hall–Kier alpha value is -2.69. The van der Waals surface area contributed by atoms with Crippen LogP contribution in [0.1, 0.15) is 29.3 Å². The lowest BCUT2D eigenvalue weighted by Crippen LogP contribution is -2.35. The highest BCUT2D eigenvalue weighted by molar-refractivity contribution is 7.89. The molecule has 0 bridgehead atoms. The van der Waals surface area contributed by atoms with Crippen LogP contribution in [0.3, 0.4) is 0 Å². The highest BCUT2D eigenvalue weighted by Crippen LogP contribution is 2.33. The molecular weight excluding hydrogens is 350 g/mol. The van der Waals surface area contributed by atoms with Gasteiger partial charge in [0, 0.05) is 30.3 Å². The van der Waals surface area contributed by atoms with Gasteiger partial charge >= 0.3 is 0 Å². The second-order valence-corrected chi connectivity index (χ2v) is 7.95. The molecule has 134 valence electrons. The third-order valence-corrected chi connectivity index (χ3v) is 5.84. The SMILES string of the molecule is C[C@H]1Cc2ccccc2N1C(=O)c1ccc(S(=O)(=O)NCCC#N)cc1. The van der Waals surface area contributed by atoms with E-state index in [0.717, 1.165) is 17.7 Å². The van der Waals surface area contributed by atoms with Gasteiger partial charge in [-0.3, -0.25) is 4.79 Å². The first kappa shape index (κ1) is 18.1. The van der Waals surface area contributed by atoms with Crippen LogP contribution in [0.25, 0.3) is 0 Å². The molecule has 7 heteroatoms. The molecule has 0 radical (unpaired) electrons. The number of fused-ring (bicyclic) bond motifs is 1. The lowest BCUT2D eigenvalue weighted by Gasteiger charge is -2.23. The smallest absolute Gasteiger partial charge is 0.258 e. The number of carbonyl (C=O) groups excluding carboxylic acids is 1. The number of anilines is 1. The molecule has 0 saturated carbocycles. The predicted octanol–water partition coefficient (Wildman–Crippen LogP) is 2.47. The van der Waals surface area contributed by atoms with E-state index in [1.807, 2.05) is 37.3 Å². The van der Waals surface area contributed by atoms with Crippen molar-refractivity contribution in [3.8, 4) is 6.07 Å². The average Bonchev–Trinajstić information content (AvgIpc) is 2.97. The quantitative estimate of drug-likeness (QED) is 0.820. The Morgan fingerprint density at radius 1 is 1.23 bits per heavy atom. The van der Waals surface area contributed by atoms with Gasteiger partial charge in [0.1, 0.15) is 0 Å². The average molecular weight is 369 g/mol. The molecule has 0 aliphatic carbocycles. The number of hydrogen-bond donors (Lipinski definition) is 1. The van der Waals surface area contributed by atoms with Crippen molar-refractivity contribution in [1.82, 2.24) is 4.72 Å². The molecule has 0 fully saturated rings. The molecule has 2 aromatic rings. The van der Waals surface area contributed by atoms with Crippen molar-refractivity contribution < 1.29 is 13.2 Å². The standard InChI is InChI=1S/C19H19N3O3S/c1-14-13-16-5-2-3-6-18(16)22(14)19(23)15-7-9-17(10-8-15)26(24,25)21-12-4-11-20/h2-3,5-10,14,21H,4,12-13H2,1H3/t14-/m0/s1. The van der Waals surface area contributed by atoms with Crippen LogP contribution in [0.4, 0.5) is 5.69 Å². The summed E-state index contributed by atoms with van der Waals surface area (Å²) in [6, 6.07) is 15.6. The van der Waals surface area contributed by atoms with Gasteiger partial charge in [0.05, 0.1) is 11.0 Å². The molecular formula is C19H19N3O3S. The van der Waals surface area contributed by atoms with Gasteiger partial charge in [0.15, 0.2) is 0 Å². The zero-order chi connectivity index (χ0) is 18.7. The Morgan fingerprint density at radius 2 is 1.92 bits per heavy atom. The van der Waals surface area contributed by atoms with E-state index in [0.29, 0.717) is 5.56 Å². The molecule has 1 N–H and O–H groups in total. The minimum atomic E-state index is -3.68. The van der Waals surface area contributed by atoms with Crippen LogP contribution in [0.5, 0.6) is 0 Å². The van der Waals surface area contributed by atoms with Crippen molar-refractivity contribution in [3.63, 3.8) is 0 Å². The van der Waals surface area contributed by atoms with E-state index < -0.39 is 10.0 Å². The van der Waals surface area contributed by atoms with Crippen molar-refractivity contribution in [2.24, 2.45) is 0 Å². The van der Waals surface area contributed by atoms with Crippen molar-refractivity contribution in [3.05, 3.63) is 59.7 Å². The van der Waals surface area contributed by atoms with Gasteiger partial charge in [-0.05, 0) is 49.2 Å². The van der Waals surface area contributed by atoms with Gasteiger partial charge in [0.2, 0.25) is 10.0 Å². The van der Waals surface area contributed by atoms with Crippen molar-refractivity contribution >= 4 is 21.6 Å². The Labute approximate surface area is 153 Å². The van der Waals surface area contributed by atoms with Crippen LogP contribution in [0, 0.1) is 11.3 Å². The molecule has 1 aliphatic heterocycles. The highest BCUT2D eigenvalue weighted by atomic mass is 32.2. The van der Waals surface area contributed by atoms with Crippen LogP contribution >= 0.6 is 0 Å². The monoisotopic (exact) mass is 369 g/mol. The first-order chi connectivity index (χ1) is 12.4. The van der Waals surface area contributed by atoms with Gasteiger partial charge in [-0.1, -0.05) is 18.2 Å². The number of nitriles is 1. The van der Waals surface area contributed by atoms with Crippen molar-refractivity contribution in [1.29, 1.82) is 5.26 Å². The molecule has 0 spiro atoms. The maximum absolute atomic E-state index is 12.9. The predicted molar refractivity (Wildman–Crippen MR) is 98.3 cm³/mol. The molecule has 6 nitrogen and oxygen atoms in total. The largest absolute Gasteiger partial charge is 0.305 e. The normalized spacial score (nSPS) is 16.2. The molecule has 1 aliphatic rings. The van der Waals surface area contributed by atoms with Crippen molar-refractivity contribution in [2.45, 2.75) is 30.7 Å². The Bertz CT molecular complexity index is 962. The number of para-hydroxylation sites is 1. The van der Waals surface area contributed by atoms with E-state index in [1.165, 1.54) is 24.3 Å². The minimum Gasteiger partial charge on any atom is -0.305 e. The van der Waals surface area contributed by atoms with E-state index in [9.17, 15) is 13.2 Å². The number of nitrogens with one attached hydrogen (secondary N) is 1. The minimum absolute atomic E-state index is 0.0518. The molecule has 1 atom stereocenters. The van der Waals surface area contributed by atoms with E-state index in [4.69, 9.17) is 5.26 Å². The number of carbonyl (C=O) groups is 1. The topological polar surface area (TPSA) is 90.3 Å². The molecule has 0 aromatic heterocycles. The number of sulfonamides is 1. The second kappa shape index (κ2) is 7.28. The summed E-state index contributed by atoms with van der Waals surface area (Å²) in [7, 11) is -3.68. The summed E-state index contributed by atoms with van der Waals surface area (Å²) in [5.74, 6) is -0.149. The molecule has 1 amide bonds. The van der Waals surface area contributed by atoms with Crippen molar-refractivity contribution in [2.75, 3.05) is 11.4 Å². The summed E-state index contributed by atoms with van der Waals surface area (Å²) in [5.41, 5.74) is 2.47. The van der Waals surface area contributed by atoms with E-state index in [2.05, 4.69) is 4.72 Å². The van der Waals surface area contributed by atoms with Crippen LogP contribution in [-0.4, -0.2) is 26.9 Å². The molecule has 0 saturated heterocycles. The number of nitrogens with zero attached hydrogens (tertiary/aromatic N) is 2. The summed E-state index contributed by atoms with van der Waals surface area (Å²) in [4.78, 5) is 14.7. The van der Waals surface area contributed by atoms with Gasteiger partial charge in [0.25, 0.3) is 5.91 Å². The maximum Gasteiger partial charge on any atom is 0.258 e. The molecule has 3 rings (SSSR count). The second-order valence-electron chi connectivity index (χ2n) is 6.19. The Morgan fingerprint density at radius 3 is 2.62 bits per heavy atom. The zero-order valence-corrected chi connectivity index (χ0v) is 15.2. The fraction of sp³-hybridized carbons (Fsp3) is 0.263. The maximum atomic E-state index is 12.9. The Balaban J connectivity index is 1.81. The van der Waals surface area contributed by atoms with E-state index in [1.54, 1.807) is 4.90 Å². The Kier molecular flexibility index (Phi) is 5.07. The summed E-state index contributed by atoms with van der Waals surface area (Å²) in [5, 5.41) is 8.50. The zero-order valence-electron chi connectivity index (χ0n) is 14.3. The summed E-state index contributed by atoms with van der Waals surface area (Å²) in [6.07, 6.45) is 0.902. The molecule has 26 heavy (non-hydrogen) atoms. The van der Waals surface area contributed by atoms with Gasteiger partial charge in [-0.15, -0.1) is 0 Å². The van der Waals surface area contributed by atoms with Crippen LogP contribution in [-0.2, 0) is 16.4 Å². The molecule has 1 heterocycles. The third kappa shape index (κ3) is 3.47.